The summed E-state index contributed by atoms with van der Waals surface area (Å²) in [6, 6.07) is 1.06. The number of carbonyl (C=O) groups is 1. The van der Waals surface area contributed by atoms with Crippen LogP contribution in [-0.4, -0.2) is 31.2 Å². The molecule has 7 nitrogen and oxygen atoms in total. The van der Waals surface area contributed by atoms with Crippen molar-refractivity contribution in [3.8, 4) is 0 Å². The molecule has 19 heavy (non-hydrogen) atoms. The summed E-state index contributed by atoms with van der Waals surface area (Å²) in [6.45, 7) is 0.576. The number of azide groups is 1. The van der Waals surface area contributed by atoms with Crippen LogP contribution < -0.4 is 5.32 Å². The highest BCUT2D eigenvalue weighted by Gasteiger charge is 2.24. The van der Waals surface area contributed by atoms with Crippen LogP contribution in [0.5, 0.6) is 0 Å². The van der Waals surface area contributed by atoms with Gasteiger partial charge in [0.2, 0.25) is 0 Å². The highest BCUT2D eigenvalue weighted by atomic mass is 79.9. The van der Waals surface area contributed by atoms with Crippen molar-refractivity contribution in [2.75, 3.05) is 20.2 Å². The number of carbonyl (C=O) groups excluding carboxylic acids is 1. The van der Waals surface area contributed by atoms with Gasteiger partial charge in [-0.15, -0.1) is 0 Å². The molecule has 0 amide bonds. The van der Waals surface area contributed by atoms with Gasteiger partial charge in [-0.1, -0.05) is 5.11 Å². The smallest absolute Gasteiger partial charge is 0.329 e. The molecule has 0 saturated heterocycles. The molecule has 0 aliphatic carbocycles. The molecule has 0 aliphatic heterocycles. The first kappa shape index (κ1) is 15.9. The lowest BCUT2D eigenvalue weighted by atomic mass is 10.2. The number of esters is 1. The minimum Gasteiger partial charge on any atom is -0.468 e. The Hall–Kier alpha value is -1.15. The Labute approximate surface area is 126 Å². The Morgan fingerprint density at radius 1 is 1.68 bits per heavy atom. The zero-order valence-electron chi connectivity index (χ0n) is 10.0. The normalized spacial score (nSPS) is 11.5. The van der Waals surface area contributed by atoms with Crippen molar-refractivity contribution in [2.24, 2.45) is 5.11 Å². The quantitative estimate of drug-likeness (QED) is 0.264. The van der Waals surface area contributed by atoms with Gasteiger partial charge in [0.1, 0.15) is 6.04 Å². The SMILES string of the molecule is COC(=O)C(NCCN=[N+]=[N-])c1ncc(Br)cc1Br. The number of nitrogens with zero attached hydrogens (tertiary/aromatic N) is 4. The molecule has 0 bridgehead atoms. The van der Waals surface area contributed by atoms with E-state index >= 15 is 0 Å². The third kappa shape index (κ3) is 4.79. The predicted octanol–water partition coefficient (Wildman–Crippen LogP) is 2.72. The average molecular weight is 393 g/mol. The maximum Gasteiger partial charge on any atom is 0.329 e. The van der Waals surface area contributed by atoms with Crippen molar-refractivity contribution in [2.45, 2.75) is 6.04 Å². The van der Waals surface area contributed by atoms with Crippen LogP contribution in [0.15, 0.2) is 26.3 Å². The van der Waals surface area contributed by atoms with Gasteiger partial charge in [-0.3, -0.25) is 10.3 Å². The second-order valence-electron chi connectivity index (χ2n) is 3.39. The molecule has 1 aromatic rings. The predicted molar refractivity (Wildman–Crippen MR) is 76.4 cm³/mol. The maximum absolute atomic E-state index is 11.8. The molecule has 0 saturated carbocycles. The van der Waals surface area contributed by atoms with Crippen LogP contribution in [0.2, 0.25) is 0 Å². The molecular formula is C10H11Br2N5O2. The lowest BCUT2D eigenvalue weighted by Gasteiger charge is -2.16. The fourth-order valence-corrected chi connectivity index (χ4v) is 2.57. The Kier molecular flexibility index (Phi) is 6.79. The second-order valence-corrected chi connectivity index (χ2v) is 5.16. The molecule has 102 valence electrons. The van der Waals surface area contributed by atoms with E-state index in [9.17, 15) is 4.79 Å². The number of methoxy groups -OCH3 is 1. The summed E-state index contributed by atoms with van der Waals surface area (Å²) in [5, 5.41) is 6.32. The van der Waals surface area contributed by atoms with Gasteiger partial charge in [-0.2, -0.15) is 0 Å². The van der Waals surface area contributed by atoms with Crippen LogP contribution in [0.1, 0.15) is 11.7 Å². The van der Waals surface area contributed by atoms with Crippen molar-refractivity contribution in [1.29, 1.82) is 0 Å². The zero-order valence-corrected chi connectivity index (χ0v) is 13.2. The molecule has 0 aromatic carbocycles. The van der Waals surface area contributed by atoms with Crippen molar-refractivity contribution < 1.29 is 9.53 Å². The van der Waals surface area contributed by atoms with Gasteiger partial charge in [-0.05, 0) is 43.5 Å². The maximum atomic E-state index is 11.8. The van der Waals surface area contributed by atoms with Crippen molar-refractivity contribution in [3.63, 3.8) is 0 Å². The molecule has 1 N–H and O–H groups in total. The van der Waals surface area contributed by atoms with Crippen LogP contribution in [0.25, 0.3) is 10.4 Å². The molecule has 1 atom stereocenters. The molecule has 0 fully saturated rings. The van der Waals surface area contributed by atoms with E-state index in [4.69, 9.17) is 10.3 Å². The molecule has 1 heterocycles. The Balaban J connectivity index is 2.89. The van der Waals surface area contributed by atoms with Gasteiger partial charge < -0.3 is 4.74 Å². The Bertz CT molecular complexity index is 505. The van der Waals surface area contributed by atoms with Gasteiger partial charge in [0.15, 0.2) is 0 Å². The van der Waals surface area contributed by atoms with E-state index < -0.39 is 12.0 Å². The number of rotatable bonds is 6. The fourth-order valence-electron chi connectivity index (χ4n) is 1.35. The first-order valence-electron chi connectivity index (χ1n) is 5.23. The summed E-state index contributed by atoms with van der Waals surface area (Å²) in [5.74, 6) is -0.462. The van der Waals surface area contributed by atoms with E-state index in [1.807, 2.05) is 0 Å². The van der Waals surface area contributed by atoms with E-state index in [2.05, 4.69) is 52.2 Å². The van der Waals surface area contributed by atoms with Crippen LogP contribution in [0.4, 0.5) is 0 Å². The number of hydrogen-bond acceptors (Lipinski definition) is 5. The zero-order chi connectivity index (χ0) is 14.3. The molecule has 1 unspecified atom stereocenters. The number of ether oxygens (including phenoxy) is 1. The average Bonchev–Trinajstić information content (AvgIpc) is 2.39. The minimum atomic E-state index is -0.721. The highest BCUT2D eigenvalue weighted by molar-refractivity contribution is 9.11. The van der Waals surface area contributed by atoms with Crippen molar-refractivity contribution >= 4 is 37.8 Å². The first-order valence-corrected chi connectivity index (χ1v) is 6.81. The monoisotopic (exact) mass is 391 g/mol. The molecular weight excluding hydrogens is 382 g/mol. The van der Waals surface area contributed by atoms with Gasteiger partial charge in [0.05, 0.1) is 12.8 Å². The summed E-state index contributed by atoms with van der Waals surface area (Å²) in [5.41, 5.74) is 8.70. The van der Waals surface area contributed by atoms with Crippen molar-refractivity contribution in [3.05, 3.63) is 37.3 Å². The molecule has 9 heteroatoms. The molecule has 0 spiro atoms. The van der Waals surface area contributed by atoms with E-state index in [-0.39, 0.29) is 6.54 Å². The summed E-state index contributed by atoms with van der Waals surface area (Å²) < 4.78 is 6.20. The third-order valence-corrected chi connectivity index (χ3v) is 3.24. The van der Waals surface area contributed by atoms with Gasteiger partial charge in [0, 0.05) is 33.1 Å². The summed E-state index contributed by atoms with van der Waals surface area (Å²) in [6.07, 6.45) is 1.59. The van der Waals surface area contributed by atoms with Crippen molar-refractivity contribution in [1.82, 2.24) is 10.3 Å². The number of halogens is 2. The molecule has 0 radical (unpaired) electrons. The first-order chi connectivity index (χ1) is 9.10. The number of aromatic nitrogens is 1. The van der Waals surface area contributed by atoms with E-state index in [0.717, 1.165) is 4.47 Å². The van der Waals surface area contributed by atoms with Crippen LogP contribution in [0.3, 0.4) is 0 Å². The third-order valence-electron chi connectivity index (χ3n) is 2.17. The number of pyridine rings is 1. The van der Waals surface area contributed by atoms with Gasteiger partial charge in [0.25, 0.3) is 0 Å². The Morgan fingerprint density at radius 3 is 3.00 bits per heavy atom. The largest absolute Gasteiger partial charge is 0.468 e. The highest BCUT2D eigenvalue weighted by Crippen LogP contribution is 2.25. The summed E-state index contributed by atoms with van der Waals surface area (Å²) >= 11 is 6.63. The van der Waals surface area contributed by atoms with E-state index in [0.29, 0.717) is 16.7 Å². The number of hydrogen-bond donors (Lipinski definition) is 1. The Morgan fingerprint density at radius 2 is 2.42 bits per heavy atom. The molecule has 1 aromatic heterocycles. The molecule has 1 rings (SSSR count). The van der Waals surface area contributed by atoms with E-state index in [1.54, 1.807) is 12.3 Å². The fraction of sp³-hybridized carbons (Fsp3) is 0.400. The van der Waals surface area contributed by atoms with E-state index in [1.165, 1.54) is 7.11 Å². The topological polar surface area (TPSA) is 100.0 Å². The standard InChI is InChI=1S/C10H11Br2N5O2/c1-19-10(18)9(14-2-3-16-17-13)8-7(12)4-6(11)5-15-8/h4-5,9,14H,2-3H2,1H3. The van der Waals surface area contributed by atoms with Crippen LogP contribution in [-0.2, 0) is 9.53 Å². The van der Waals surface area contributed by atoms with Gasteiger partial charge in [-0.25, -0.2) is 4.79 Å². The number of nitrogens with one attached hydrogen (secondary N) is 1. The minimum absolute atomic E-state index is 0.234. The lowest BCUT2D eigenvalue weighted by molar-refractivity contribution is -0.143. The molecule has 0 aliphatic rings. The van der Waals surface area contributed by atoms with Gasteiger partial charge >= 0.3 is 5.97 Å². The lowest BCUT2D eigenvalue weighted by Crippen LogP contribution is -2.32. The summed E-state index contributed by atoms with van der Waals surface area (Å²) in [4.78, 5) is 18.6. The van der Waals surface area contributed by atoms with Crippen LogP contribution in [0, 0.1) is 0 Å². The van der Waals surface area contributed by atoms with Crippen LogP contribution >= 0.6 is 31.9 Å². The second kappa shape index (κ2) is 8.11. The summed E-state index contributed by atoms with van der Waals surface area (Å²) in [7, 11) is 1.30.